The van der Waals surface area contributed by atoms with Crippen LogP contribution in [-0.4, -0.2) is 33.6 Å². The second kappa shape index (κ2) is 4.70. The zero-order valence-corrected chi connectivity index (χ0v) is 9.97. The molecule has 0 radical (unpaired) electrons. The van der Waals surface area contributed by atoms with Gasteiger partial charge in [-0.05, 0) is 12.8 Å². The maximum Gasteiger partial charge on any atom is 0.346 e. The summed E-state index contributed by atoms with van der Waals surface area (Å²) in [6, 6.07) is 0. The third kappa shape index (κ3) is 2.38. The number of rotatable bonds is 3. The third-order valence-corrected chi connectivity index (χ3v) is 2.84. The standard InChI is InChI=1S/C10H16N4O3/c1-13-9(15)8(12-14(2)10(13)16)11-6-7-4-3-5-17-7/h7H,3-6H2,1-2H3,(H,11,12)/t7-/m0/s1. The Hall–Kier alpha value is -1.63. The quantitative estimate of drug-likeness (QED) is 0.738. The van der Waals surface area contributed by atoms with E-state index in [9.17, 15) is 9.59 Å². The first-order valence-corrected chi connectivity index (χ1v) is 5.59. The van der Waals surface area contributed by atoms with Gasteiger partial charge in [-0.3, -0.25) is 9.36 Å². The summed E-state index contributed by atoms with van der Waals surface area (Å²) >= 11 is 0. The molecule has 2 rings (SSSR count). The fourth-order valence-corrected chi connectivity index (χ4v) is 1.83. The minimum atomic E-state index is -0.433. The zero-order valence-electron chi connectivity index (χ0n) is 9.97. The molecule has 94 valence electrons. The zero-order chi connectivity index (χ0) is 12.4. The van der Waals surface area contributed by atoms with Crippen molar-refractivity contribution in [2.45, 2.75) is 18.9 Å². The molecule has 1 atom stereocenters. The molecule has 2 heterocycles. The van der Waals surface area contributed by atoms with Crippen molar-refractivity contribution in [3.8, 4) is 0 Å². The Kier molecular flexibility index (Phi) is 3.28. The molecule has 1 fully saturated rings. The van der Waals surface area contributed by atoms with Crippen LogP contribution in [0.3, 0.4) is 0 Å². The molecular weight excluding hydrogens is 224 g/mol. The predicted octanol–water partition coefficient (Wildman–Crippen LogP) is -0.930. The molecule has 1 aromatic heterocycles. The van der Waals surface area contributed by atoms with Gasteiger partial charge in [-0.15, -0.1) is 5.10 Å². The molecule has 0 aliphatic carbocycles. The Morgan fingerprint density at radius 2 is 2.24 bits per heavy atom. The Morgan fingerprint density at radius 3 is 2.88 bits per heavy atom. The van der Waals surface area contributed by atoms with Crippen molar-refractivity contribution < 1.29 is 4.74 Å². The maximum absolute atomic E-state index is 11.7. The Labute approximate surface area is 98.0 Å². The summed E-state index contributed by atoms with van der Waals surface area (Å²) in [6.07, 6.45) is 2.16. The van der Waals surface area contributed by atoms with Crippen molar-refractivity contribution in [1.82, 2.24) is 14.3 Å². The highest BCUT2D eigenvalue weighted by molar-refractivity contribution is 5.29. The fourth-order valence-electron chi connectivity index (χ4n) is 1.83. The number of hydrogen-bond donors (Lipinski definition) is 1. The van der Waals surface area contributed by atoms with Gasteiger partial charge < -0.3 is 10.1 Å². The van der Waals surface area contributed by atoms with Gasteiger partial charge >= 0.3 is 5.69 Å². The van der Waals surface area contributed by atoms with Crippen LogP contribution < -0.4 is 16.6 Å². The molecule has 0 amide bonds. The Bertz CT molecular complexity index is 513. The Balaban J connectivity index is 2.15. The number of anilines is 1. The van der Waals surface area contributed by atoms with Crippen LogP contribution in [0, 0.1) is 0 Å². The summed E-state index contributed by atoms with van der Waals surface area (Å²) in [6.45, 7) is 1.31. The van der Waals surface area contributed by atoms with Crippen LogP contribution in [-0.2, 0) is 18.8 Å². The lowest BCUT2D eigenvalue weighted by Gasteiger charge is -2.11. The molecular formula is C10H16N4O3. The number of aryl methyl sites for hydroxylation is 1. The summed E-state index contributed by atoms with van der Waals surface area (Å²) in [5.41, 5.74) is -0.844. The van der Waals surface area contributed by atoms with Gasteiger partial charge in [0.2, 0.25) is 5.82 Å². The SMILES string of the molecule is Cn1nc(NC[C@@H]2CCCO2)c(=O)n(C)c1=O. The van der Waals surface area contributed by atoms with E-state index in [0.29, 0.717) is 6.54 Å². The number of nitrogens with one attached hydrogen (secondary N) is 1. The molecule has 1 aromatic rings. The first-order valence-electron chi connectivity index (χ1n) is 5.59. The van der Waals surface area contributed by atoms with Crippen LogP contribution in [0.15, 0.2) is 9.59 Å². The van der Waals surface area contributed by atoms with Gasteiger partial charge in [0.15, 0.2) is 0 Å². The first-order chi connectivity index (χ1) is 8.09. The molecule has 7 heteroatoms. The number of nitrogens with zero attached hydrogens (tertiary/aromatic N) is 3. The van der Waals surface area contributed by atoms with Gasteiger partial charge in [-0.1, -0.05) is 0 Å². The number of aromatic nitrogens is 3. The number of ether oxygens (including phenoxy) is 1. The predicted molar refractivity (Wildman–Crippen MR) is 62.2 cm³/mol. The second-order valence-electron chi connectivity index (χ2n) is 4.13. The van der Waals surface area contributed by atoms with Crippen LogP contribution in [0.4, 0.5) is 5.82 Å². The highest BCUT2D eigenvalue weighted by Crippen LogP contribution is 2.11. The summed E-state index contributed by atoms with van der Waals surface area (Å²) in [5, 5.41) is 6.83. The van der Waals surface area contributed by atoms with E-state index in [-0.39, 0.29) is 11.9 Å². The third-order valence-electron chi connectivity index (χ3n) is 2.84. The van der Waals surface area contributed by atoms with Gasteiger partial charge in [0.25, 0.3) is 5.56 Å². The second-order valence-corrected chi connectivity index (χ2v) is 4.13. The monoisotopic (exact) mass is 240 g/mol. The van der Waals surface area contributed by atoms with Gasteiger partial charge in [0, 0.05) is 27.2 Å². The van der Waals surface area contributed by atoms with Crippen LogP contribution in [0.2, 0.25) is 0 Å². The maximum atomic E-state index is 11.7. The minimum absolute atomic E-state index is 0.124. The molecule has 1 aliphatic heterocycles. The van der Waals surface area contributed by atoms with Crippen LogP contribution in [0.5, 0.6) is 0 Å². The molecule has 0 bridgehead atoms. The lowest BCUT2D eigenvalue weighted by Crippen LogP contribution is -2.40. The number of hydrogen-bond acceptors (Lipinski definition) is 5. The van der Waals surface area contributed by atoms with E-state index in [1.54, 1.807) is 0 Å². The lowest BCUT2D eigenvalue weighted by molar-refractivity contribution is 0.120. The fraction of sp³-hybridized carbons (Fsp3) is 0.700. The Morgan fingerprint density at radius 1 is 1.47 bits per heavy atom. The van der Waals surface area contributed by atoms with Crippen LogP contribution >= 0.6 is 0 Å². The summed E-state index contributed by atoms with van der Waals surface area (Å²) in [7, 11) is 2.95. The molecule has 0 spiro atoms. The van der Waals surface area contributed by atoms with E-state index >= 15 is 0 Å². The highest BCUT2D eigenvalue weighted by atomic mass is 16.5. The largest absolute Gasteiger partial charge is 0.376 e. The molecule has 0 saturated carbocycles. The van der Waals surface area contributed by atoms with Gasteiger partial charge in [0.05, 0.1) is 6.10 Å². The smallest absolute Gasteiger partial charge is 0.346 e. The van der Waals surface area contributed by atoms with Crippen molar-refractivity contribution in [2.75, 3.05) is 18.5 Å². The van der Waals surface area contributed by atoms with E-state index in [4.69, 9.17) is 4.74 Å². The van der Waals surface area contributed by atoms with Crippen molar-refractivity contribution in [3.63, 3.8) is 0 Å². The van der Waals surface area contributed by atoms with E-state index < -0.39 is 11.2 Å². The van der Waals surface area contributed by atoms with Crippen molar-refractivity contribution >= 4 is 5.82 Å². The van der Waals surface area contributed by atoms with Crippen LogP contribution in [0.25, 0.3) is 0 Å². The molecule has 0 unspecified atom stereocenters. The summed E-state index contributed by atoms with van der Waals surface area (Å²) in [4.78, 5) is 23.1. The van der Waals surface area contributed by atoms with Crippen molar-refractivity contribution in [3.05, 3.63) is 20.8 Å². The minimum Gasteiger partial charge on any atom is -0.376 e. The van der Waals surface area contributed by atoms with E-state index in [2.05, 4.69) is 10.4 Å². The molecule has 0 aromatic carbocycles. The topological polar surface area (TPSA) is 78.2 Å². The molecule has 17 heavy (non-hydrogen) atoms. The van der Waals surface area contributed by atoms with E-state index in [1.807, 2.05) is 0 Å². The molecule has 7 nitrogen and oxygen atoms in total. The molecule has 1 N–H and O–H groups in total. The normalized spacial score (nSPS) is 19.5. The molecule has 1 saturated heterocycles. The molecule has 1 aliphatic rings. The van der Waals surface area contributed by atoms with Crippen molar-refractivity contribution in [2.24, 2.45) is 14.1 Å². The first kappa shape index (κ1) is 11.8. The highest BCUT2D eigenvalue weighted by Gasteiger charge is 2.16. The van der Waals surface area contributed by atoms with Crippen molar-refractivity contribution in [1.29, 1.82) is 0 Å². The van der Waals surface area contributed by atoms with E-state index in [0.717, 1.165) is 28.7 Å². The summed E-state index contributed by atoms with van der Waals surface area (Å²) < 4.78 is 7.60. The van der Waals surface area contributed by atoms with Gasteiger partial charge in [0.1, 0.15) is 0 Å². The van der Waals surface area contributed by atoms with Gasteiger partial charge in [-0.25, -0.2) is 9.48 Å². The summed E-state index contributed by atoms with van der Waals surface area (Å²) in [5.74, 6) is 0.185. The average Bonchev–Trinajstić information content (AvgIpc) is 2.82. The van der Waals surface area contributed by atoms with Crippen LogP contribution in [0.1, 0.15) is 12.8 Å². The average molecular weight is 240 g/mol. The van der Waals surface area contributed by atoms with Gasteiger partial charge in [-0.2, -0.15) is 0 Å². The van der Waals surface area contributed by atoms with E-state index in [1.165, 1.54) is 14.1 Å². The lowest BCUT2D eigenvalue weighted by atomic mass is 10.2.